The first-order valence-corrected chi connectivity index (χ1v) is 7.74. The van der Waals surface area contributed by atoms with Crippen molar-refractivity contribution in [2.24, 2.45) is 0 Å². The molecule has 0 aromatic carbocycles. The lowest BCUT2D eigenvalue weighted by Gasteiger charge is -2.25. The Bertz CT molecular complexity index is 107. The molecule has 0 radical (unpaired) electrons. The van der Waals surface area contributed by atoms with Crippen molar-refractivity contribution < 1.29 is 0 Å². The monoisotopic (exact) mass is 221 g/mol. The summed E-state index contributed by atoms with van der Waals surface area (Å²) in [5, 5.41) is 3.47. The van der Waals surface area contributed by atoms with Crippen LogP contribution < -0.4 is 5.32 Å². The van der Waals surface area contributed by atoms with Gasteiger partial charge in [-0.2, -0.15) is 0 Å². The van der Waals surface area contributed by atoms with Crippen molar-refractivity contribution in [1.29, 1.82) is 0 Å². The van der Waals surface area contributed by atoms with Crippen molar-refractivity contribution in [3.63, 3.8) is 0 Å². The molecule has 0 amide bonds. The molecule has 1 atom stereocenters. The lowest BCUT2D eigenvalue weighted by atomic mass is 10.5. The highest BCUT2D eigenvalue weighted by Gasteiger charge is 2.15. The lowest BCUT2D eigenvalue weighted by Crippen LogP contribution is -2.22. The Kier molecular flexibility index (Phi) is 8.67. The van der Waals surface area contributed by atoms with Crippen LogP contribution in [0.1, 0.15) is 27.7 Å². The van der Waals surface area contributed by atoms with Gasteiger partial charge in [0, 0.05) is 0 Å². The van der Waals surface area contributed by atoms with Gasteiger partial charge >= 0.3 is 0 Å². The lowest BCUT2D eigenvalue weighted by molar-refractivity contribution is 0.767. The molecule has 0 rings (SSSR count). The van der Waals surface area contributed by atoms with Gasteiger partial charge in [-0.05, 0) is 36.7 Å². The van der Waals surface area contributed by atoms with Crippen LogP contribution in [0.4, 0.5) is 0 Å². The second-order valence-electron chi connectivity index (χ2n) is 3.96. The van der Waals surface area contributed by atoms with E-state index in [4.69, 9.17) is 0 Å². The highest BCUT2D eigenvalue weighted by Crippen LogP contribution is 2.45. The van der Waals surface area contributed by atoms with Gasteiger partial charge in [-0.25, -0.2) is 0 Å². The molecule has 3 heteroatoms. The summed E-state index contributed by atoms with van der Waals surface area (Å²) >= 11 is 0. The number of rotatable bonds is 7. The van der Waals surface area contributed by atoms with Crippen molar-refractivity contribution >= 4 is 17.2 Å². The van der Waals surface area contributed by atoms with Gasteiger partial charge in [-0.15, -0.1) is 17.2 Å². The number of hydrogen-bond donors (Lipinski definition) is 1. The molecule has 0 aliphatic carbocycles. The molecule has 0 saturated heterocycles. The first-order valence-electron chi connectivity index (χ1n) is 5.26. The van der Waals surface area contributed by atoms with Crippen LogP contribution in [0.25, 0.3) is 0 Å². The van der Waals surface area contributed by atoms with Crippen LogP contribution in [0.3, 0.4) is 0 Å². The molecule has 1 nitrogen and oxygen atoms in total. The molecule has 0 saturated carbocycles. The average molecular weight is 221 g/mol. The van der Waals surface area contributed by atoms with E-state index in [1.165, 1.54) is 18.9 Å². The predicted octanol–water partition coefficient (Wildman–Crippen LogP) is 2.75. The molecular weight excluding hydrogens is 196 g/mol. The van der Waals surface area contributed by atoms with E-state index >= 15 is 0 Å². The summed E-state index contributed by atoms with van der Waals surface area (Å²) < 4.78 is 0. The third kappa shape index (κ3) is 6.83. The van der Waals surface area contributed by atoms with Gasteiger partial charge in [-0.3, -0.25) is 0 Å². The molecule has 0 aromatic rings. The van der Waals surface area contributed by atoms with E-state index in [2.05, 4.69) is 42.3 Å². The maximum Gasteiger partial charge on any atom is -0.000917 e. The van der Waals surface area contributed by atoms with Crippen molar-refractivity contribution in [1.82, 2.24) is 5.32 Å². The predicted molar refractivity (Wildman–Crippen MR) is 69.5 cm³/mol. The largest absolute Gasteiger partial charge is 0.316 e. The summed E-state index contributed by atoms with van der Waals surface area (Å²) in [6.07, 6.45) is 2.55. The summed E-state index contributed by atoms with van der Waals surface area (Å²) in [5.74, 6) is 0. The molecule has 0 heterocycles. The van der Waals surface area contributed by atoms with Gasteiger partial charge in [-0.1, -0.05) is 27.7 Å². The number of hydrogen-bond acceptors (Lipinski definition) is 1. The van der Waals surface area contributed by atoms with Crippen molar-refractivity contribution in [3.05, 3.63) is 0 Å². The van der Waals surface area contributed by atoms with Crippen LogP contribution in [0.2, 0.25) is 0 Å². The first kappa shape index (κ1) is 13.8. The average Bonchev–Trinajstić information content (AvgIpc) is 2.02. The van der Waals surface area contributed by atoms with Gasteiger partial charge in [0.05, 0.1) is 0 Å². The highest BCUT2D eigenvalue weighted by atomic mass is 31.1. The topological polar surface area (TPSA) is 12.0 Å². The summed E-state index contributed by atoms with van der Waals surface area (Å²) in [4.78, 5) is 0. The Morgan fingerprint density at radius 1 is 1.08 bits per heavy atom. The molecule has 13 heavy (non-hydrogen) atoms. The summed E-state index contributed by atoms with van der Waals surface area (Å²) in [6, 6.07) is 0. The normalized spacial score (nSPS) is 12.0. The van der Waals surface area contributed by atoms with Crippen LogP contribution >= 0.6 is 17.2 Å². The first-order chi connectivity index (χ1) is 6.09. The molecule has 1 N–H and O–H groups in total. The maximum atomic E-state index is 3.47. The number of nitrogens with one attached hydrogen (secondary N) is 1. The molecule has 0 bridgehead atoms. The van der Waals surface area contributed by atoms with E-state index < -0.39 is 0 Å². The molecule has 0 aliphatic rings. The molecule has 0 spiro atoms. The second-order valence-corrected chi connectivity index (χ2v) is 8.08. The van der Waals surface area contributed by atoms with Crippen LogP contribution in [0, 0.1) is 0 Å². The van der Waals surface area contributed by atoms with Crippen LogP contribution in [0.15, 0.2) is 0 Å². The SMILES string of the molecule is CC(C)P(CCNCCP)C(C)C. The van der Waals surface area contributed by atoms with Crippen molar-refractivity contribution in [2.45, 2.75) is 39.0 Å². The fraction of sp³-hybridized carbons (Fsp3) is 1.00. The molecule has 0 aromatic heterocycles. The quantitative estimate of drug-likeness (QED) is 0.515. The van der Waals surface area contributed by atoms with Crippen molar-refractivity contribution in [2.75, 3.05) is 25.4 Å². The Morgan fingerprint density at radius 3 is 2.00 bits per heavy atom. The van der Waals surface area contributed by atoms with Gasteiger partial charge in [0.25, 0.3) is 0 Å². The van der Waals surface area contributed by atoms with E-state index in [9.17, 15) is 0 Å². The minimum atomic E-state index is 0.235. The van der Waals surface area contributed by atoms with Gasteiger partial charge in [0.15, 0.2) is 0 Å². The Morgan fingerprint density at radius 2 is 1.62 bits per heavy atom. The van der Waals surface area contributed by atoms with E-state index in [-0.39, 0.29) is 7.92 Å². The minimum absolute atomic E-state index is 0.235. The Hall–Kier alpha value is 0.820. The molecule has 80 valence electrons. The molecule has 0 fully saturated rings. The van der Waals surface area contributed by atoms with Crippen molar-refractivity contribution in [3.8, 4) is 0 Å². The zero-order valence-electron chi connectivity index (χ0n) is 9.51. The summed E-state index contributed by atoms with van der Waals surface area (Å²) in [6.45, 7) is 11.8. The summed E-state index contributed by atoms with van der Waals surface area (Å²) in [7, 11) is 2.99. The van der Waals surface area contributed by atoms with Gasteiger partial charge in [0.1, 0.15) is 0 Å². The van der Waals surface area contributed by atoms with Gasteiger partial charge in [0.2, 0.25) is 0 Å². The Balaban J connectivity index is 3.58. The molecule has 0 aliphatic heterocycles. The third-order valence-corrected chi connectivity index (χ3v) is 5.88. The van der Waals surface area contributed by atoms with E-state index in [1.54, 1.807) is 0 Å². The van der Waals surface area contributed by atoms with Gasteiger partial charge < -0.3 is 5.32 Å². The summed E-state index contributed by atoms with van der Waals surface area (Å²) in [5.41, 5.74) is 1.76. The zero-order valence-corrected chi connectivity index (χ0v) is 11.6. The van der Waals surface area contributed by atoms with Crippen LogP contribution in [-0.2, 0) is 0 Å². The smallest absolute Gasteiger partial charge is 0.000917 e. The maximum absolute atomic E-state index is 3.47. The van der Waals surface area contributed by atoms with E-state index in [0.29, 0.717) is 0 Å². The zero-order chi connectivity index (χ0) is 10.3. The third-order valence-electron chi connectivity index (χ3n) is 2.19. The van der Waals surface area contributed by atoms with E-state index in [1.807, 2.05) is 0 Å². The molecular formula is C10H25NP2. The second kappa shape index (κ2) is 8.16. The highest BCUT2D eigenvalue weighted by molar-refractivity contribution is 7.59. The molecule has 1 unspecified atom stereocenters. The standard InChI is InChI=1S/C10H25NP2/c1-9(2)13(10(3)4)8-6-11-5-7-12/h9-11H,5-8,12H2,1-4H3. The van der Waals surface area contributed by atoms with Crippen LogP contribution in [-0.4, -0.2) is 36.7 Å². The fourth-order valence-corrected chi connectivity index (χ4v) is 4.39. The fourth-order valence-electron chi connectivity index (χ4n) is 1.55. The van der Waals surface area contributed by atoms with Crippen LogP contribution in [0.5, 0.6) is 0 Å². The minimum Gasteiger partial charge on any atom is -0.316 e. The van der Waals surface area contributed by atoms with E-state index in [0.717, 1.165) is 17.9 Å². The Labute approximate surface area is 87.4 Å².